The van der Waals surface area contributed by atoms with E-state index in [0.29, 0.717) is 10.8 Å². The summed E-state index contributed by atoms with van der Waals surface area (Å²) in [5, 5.41) is 3.17. The van der Waals surface area contributed by atoms with Gasteiger partial charge in [-0.2, -0.15) is 0 Å². The molecule has 3 rings (SSSR count). The van der Waals surface area contributed by atoms with Crippen LogP contribution in [-0.2, 0) is 0 Å². The van der Waals surface area contributed by atoms with Gasteiger partial charge in [-0.15, -0.1) is 0 Å². The van der Waals surface area contributed by atoms with Crippen LogP contribution in [0.3, 0.4) is 0 Å². The van der Waals surface area contributed by atoms with Gasteiger partial charge in [0.25, 0.3) is 0 Å². The molecule has 19 heavy (non-hydrogen) atoms. The van der Waals surface area contributed by atoms with Crippen molar-refractivity contribution in [2.45, 2.75) is 0 Å². The molecule has 0 fully saturated rings. The number of thiocarbonyl (C=S) groups is 1. The van der Waals surface area contributed by atoms with Crippen LogP contribution >= 0.6 is 12.2 Å². The van der Waals surface area contributed by atoms with Crippen molar-refractivity contribution in [2.75, 3.05) is 12.1 Å². The topological polar surface area (TPSA) is 69.4 Å². The van der Waals surface area contributed by atoms with Gasteiger partial charge in [0, 0.05) is 23.5 Å². The van der Waals surface area contributed by atoms with E-state index in [2.05, 4.69) is 10.3 Å². The highest BCUT2D eigenvalue weighted by Gasteiger charge is 2.13. The number of rotatable bonds is 3. The normalized spacial score (nSPS) is 12.2. The Morgan fingerprint density at radius 1 is 1.21 bits per heavy atom. The Bertz CT molecular complexity index is 646. The monoisotopic (exact) mass is 273 g/mol. The summed E-state index contributed by atoms with van der Waals surface area (Å²) in [4.78, 5) is 4.56. The second-order valence-corrected chi connectivity index (χ2v) is 4.43. The molecule has 0 atom stereocenters. The van der Waals surface area contributed by atoms with Crippen LogP contribution in [0.15, 0.2) is 36.5 Å². The third-order valence-corrected chi connectivity index (χ3v) is 2.93. The number of ether oxygens (including phenoxy) is 2. The van der Waals surface area contributed by atoms with E-state index in [-0.39, 0.29) is 6.79 Å². The lowest BCUT2D eigenvalue weighted by atomic mass is 10.2. The molecule has 0 amide bonds. The Kier molecular flexibility index (Phi) is 2.92. The molecule has 1 aliphatic rings. The lowest BCUT2D eigenvalue weighted by Gasteiger charge is -2.07. The number of nitrogens with two attached hydrogens (primary N) is 1. The van der Waals surface area contributed by atoms with Gasteiger partial charge in [0.1, 0.15) is 10.8 Å². The predicted octanol–water partition coefficient (Wildman–Crippen LogP) is 2.19. The zero-order valence-corrected chi connectivity index (χ0v) is 10.7. The fraction of sp³-hybridized carbons (Fsp3) is 0.0769. The SMILES string of the molecule is NC(=S)c1ccnc(Nc2ccc3c(c2)OCO3)c1. The summed E-state index contributed by atoms with van der Waals surface area (Å²) < 4.78 is 10.6. The summed E-state index contributed by atoms with van der Waals surface area (Å²) in [5.74, 6) is 2.13. The number of nitrogens with zero attached hydrogens (tertiary/aromatic N) is 1. The van der Waals surface area contributed by atoms with E-state index in [4.69, 9.17) is 27.4 Å². The van der Waals surface area contributed by atoms with Crippen LogP contribution in [0.1, 0.15) is 5.56 Å². The summed E-state index contributed by atoms with van der Waals surface area (Å²) in [6, 6.07) is 9.17. The Labute approximate surface area is 115 Å². The van der Waals surface area contributed by atoms with E-state index >= 15 is 0 Å². The summed E-state index contributed by atoms with van der Waals surface area (Å²) in [5.41, 5.74) is 7.22. The van der Waals surface area contributed by atoms with E-state index in [1.807, 2.05) is 18.2 Å². The van der Waals surface area contributed by atoms with Crippen molar-refractivity contribution < 1.29 is 9.47 Å². The molecule has 1 aliphatic heterocycles. The van der Waals surface area contributed by atoms with Crippen molar-refractivity contribution in [3.8, 4) is 11.5 Å². The summed E-state index contributed by atoms with van der Waals surface area (Å²) in [6.45, 7) is 0.258. The summed E-state index contributed by atoms with van der Waals surface area (Å²) in [7, 11) is 0. The zero-order valence-electron chi connectivity index (χ0n) is 9.92. The first kappa shape index (κ1) is 11.7. The molecule has 96 valence electrons. The average Bonchev–Trinajstić information content (AvgIpc) is 2.86. The van der Waals surface area contributed by atoms with Crippen molar-refractivity contribution in [3.63, 3.8) is 0 Å². The van der Waals surface area contributed by atoms with Crippen molar-refractivity contribution >= 4 is 28.7 Å². The maximum Gasteiger partial charge on any atom is 0.231 e. The molecule has 0 spiro atoms. The quantitative estimate of drug-likeness (QED) is 0.835. The van der Waals surface area contributed by atoms with Gasteiger partial charge >= 0.3 is 0 Å². The molecular formula is C13H11N3O2S. The first-order chi connectivity index (χ1) is 9.22. The lowest BCUT2D eigenvalue weighted by molar-refractivity contribution is 0.174. The Balaban J connectivity index is 1.85. The molecule has 0 unspecified atom stereocenters. The number of pyridine rings is 1. The van der Waals surface area contributed by atoms with Gasteiger partial charge in [-0.05, 0) is 24.3 Å². The Morgan fingerprint density at radius 3 is 2.89 bits per heavy atom. The molecule has 0 bridgehead atoms. The van der Waals surface area contributed by atoms with Crippen LogP contribution in [0, 0.1) is 0 Å². The van der Waals surface area contributed by atoms with Crippen molar-refractivity contribution in [3.05, 3.63) is 42.1 Å². The molecule has 6 heteroatoms. The van der Waals surface area contributed by atoms with Gasteiger partial charge in [-0.1, -0.05) is 12.2 Å². The number of benzene rings is 1. The number of aromatic nitrogens is 1. The van der Waals surface area contributed by atoms with E-state index in [1.165, 1.54) is 0 Å². The molecule has 1 aromatic carbocycles. The molecule has 2 heterocycles. The molecule has 0 aliphatic carbocycles. The molecule has 0 radical (unpaired) electrons. The number of hydrogen-bond donors (Lipinski definition) is 2. The first-order valence-electron chi connectivity index (χ1n) is 5.65. The number of nitrogens with one attached hydrogen (secondary N) is 1. The molecule has 1 aromatic heterocycles. The van der Waals surface area contributed by atoms with Crippen LogP contribution in [0.2, 0.25) is 0 Å². The van der Waals surface area contributed by atoms with Crippen LogP contribution < -0.4 is 20.5 Å². The highest BCUT2D eigenvalue weighted by Crippen LogP contribution is 2.34. The van der Waals surface area contributed by atoms with Crippen LogP contribution in [0.5, 0.6) is 11.5 Å². The standard InChI is InChI=1S/C13H11N3O2S/c14-13(19)8-3-4-15-12(5-8)16-9-1-2-10-11(6-9)18-7-17-10/h1-6H,7H2,(H2,14,19)(H,15,16). The molecule has 0 saturated heterocycles. The third kappa shape index (κ3) is 2.43. The molecule has 5 nitrogen and oxygen atoms in total. The average molecular weight is 273 g/mol. The third-order valence-electron chi connectivity index (χ3n) is 2.69. The first-order valence-corrected chi connectivity index (χ1v) is 6.06. The van der Waals surface area contributed by atoms with Gasteiger partial charge in [0.05, 0.1) is 0 Å². The van der Waals surface area contributed by atoms with Crippen molar-refractivity contribution in [1.29, 1.82) is 0 Å². The fourth-order valence-electron chi connectivity index (χ4n) is 1.77. The zero-order chi connectivity index (χ0) is 13.2. The highest BCUT2D eigenvalue weighted by molar-refractivity contribution is 7.80. The molecule has 0 saturated carbocycles. The summed E-state index contributed by atoms with van der Waals surface area (Å²) in [6.07, 6.45) is 1.66. The van der Waals surface area contributed by atoms with Gasteiger partial charge in [0.15, 0.2) is 11.5 Å². The molecule has 3 N–H and O–H groups in total. The summed E-state index contributed by atoms with van der Waals surface area (Å²) >= 11 is 4.94. The largest absolute Gasteiger partial charge is 0.454 e. The van der Waals surface area contributed by atoms with E-state index in [9.17, 15) is 0 Å². The maximum atomic E-state index is 5.59. The Hall–Kier alpha value is -2.34. The minimum absolute atomic E-state index is 0.258. The highest BCUT2D eigenvalue weighted by atomic mass is 32.1. The number of hydrogen-bond acceptors (Lipinski definition) is 5. The van der Waals surface area contributed by atoms with Gasteiger partial charge in [-0.3, -0.25) is 0 Å². The molecule has 2 aromatic rings. The van der Waals surface area contributed by atoms with E-state index < -0.39 is 0 Å². The van der Waals surface area contributed by atoms with Gasteiger partial charge in [0.2, 0.25) is 6.79 Å². The van der Waals surface area contributed by atoms with Gasteiger partial charge < -0.3 is 20.5 Å². The number of fused-ring (bicyclic) bond motifs is 1. The number of anilines is 2. The predicted molar refractivity (Wildman–Crippen MR) is 76.0 cm³/mol. The van der Waals surface area contributed by atoms with E-state index in [0.717, 1.165) is 22.7 Å². The second-order valence-electron chi connectivity index (χ2n) is 3.99. The maximum absolute atomic E-state index is 5.59. The van der Waals surface area contributed by atoms with Crippen LogP contribution in [0.4, 0.5) is 11.5 Å². The minimum Gasteiger partial charge on any atom is -0.454 e. The van der Waals surface area contributed by atoms with E-state index in [1.54, 1.807) is 18.3 Å². The lowest BCUT2D eigenvalue weighted by Crippen LogP contribution is -2.09. The van der Waals surface area contributed by atoms with Crippen molar-refractivity contribution in [1.82, 2.24) is 4.98 Å². The smallest absolute Gasteiger partial charge is 0.231 e. The van der Waals surface area contributed by atoms with Crippen molar-refractivity contribution in [2.24, 2.45) is 5.73 Å². The fourth-order valence-corrected chi connectivity index (χ4v) is 1.90. The Morgan fingerprint density at radius 2 is 2.05 bits per heavy atom. The van der Waals surface area contributed by atoms with Crippen LogP contribution in [-0.4, -0.2) is 16.8 Å². The molecular weight excluding hydrogens is 262 g/mol. The minimum atomic E-state index is 0.258. The van der Waals surface area contributed by atoms with Gasteiger partial charge in [-0.25, -0.2) is 4.98 Å². The second kappa shape index (κ2) is 4.74. The van der Waals surface area contributed by atoms with Crippen LogP contribution in [0.25, 0.3) is 0 Å².